The highest BCUT2D eigenvalue weighted by atomic mass is 35.5. The number of benzene rings is 1. The molecule has 0 atom stereocenters. The minimum atomic E-state index is 0.114. The first-order valence-electron chi connectivity index (χ1n) is 6.04. The molecule has 0 amide bonds. The van der Waals surface area contributed by atoms with Gasteiger partial charge in [0, 0.05) is 12.1 Å². The summed E-state index contributed by atoms with van der Waals surface area (Å²) in [5.74, 6) is 0.796. The summed E-state index contributed by atoms with van der Waals surface area (Å²) in [6.07, 6.45) is 2.70. The molecule has 22 heavy (non-hydrogen) atoms. The van der Waals surface area contributed by atoms with Gasteiger partial charge in [-0.05, 0) is 6.08 Å². The molecule has 0 aromatic heterocycles. The fourth-order valence-electron chi connectivity index (χ4n) is 1.33. The monoisotopic (exact) mass is 387 g/mol. The maximum absolute atomic E-state index is 8.18. The molecule has 0 spiro atoms. The molecule has 1 aromatic carbocycles. The lowest BCUT2D eigenvalue weighted by Crippen LogP contribution is -2.08. The van der Waals surface area contributed by atoms with Crippen LogP contribution in [-0.2, 0) is 4.74 Å². The summed E-state index contributed by atoms with van der Waals surface area (Å²) in [4.78, 5) is 0. The highest BCUT2D eigenvalue weighted by Gasteiger charge is 2.10. The van der Waals surface area contributed by atoms with E-state index in [1.165, 1.54) is 12.3 Å². The van der Waals surface area contributed by atoms with Crippen LogP contribution in [0.2, 0.25) is 10.0 Å². The lowest BCUT2D eigenvalue weighted by atomic mass is 10.3. The predicted molar refractivity (Wildman–Crippen MR) is 88.3 cm³/mol. The van der Waals surface area contributed by atoms with Gasteiger partial charge in [-0.1, -0.05) is 51.6 Å². The minimum absolute atomic E-state index is 0.114. The van der Waals surface area contributed by atoms with E-state index in [0.717, 1.165) is 0 Å². The summed E-state index contributed by atoms with van der Waals surface area (Å²) >= 11 is 23.1. The summed E-state index contributed by atoms with van der Waals surface area (Å²) < 4.78 is 16.0. The molecule has 0 unspecified atom stereocenters. The van der Waals surface area contributed by atoms with Crippen molar-refractivity contribution < 1.29 is 19.4 Å². The standard InChI is InChI=1S/C13H13Cl4NO4/c14-10-7-9(21-3-1-12(16)17)8-11(15)13(10)22-6-5-20-4-2-18-19/h1-2,7-8,19H,3-6H2/b18-2-. The molecule has 0 saturated heterocycles. The first kappa shape index (κ1) is 19.2. The van der Waals surface area contributed by atoms with Crippen molar-refractivity contribution in [2.45, 2.75) is 0 Å². The van der Waals surface area contributed by atoms with Gasteiger partial charge in [0.25, 0.3) is 0 Å². The molecule has 122 valence electrons. The lowest BCUT2D eigenvalue weighted by molar-refractivity contribution is 0.128. The molecule has 1 aromatic rings. The van der Waals surface area contributed by atoms with Gasteiger partial charge in [0.15, 0.2) is 5.75 Å². The number of rotatable bonds is 9. The van der Waals surface area contributed by atoms with Gasteiger partial charge in [-0.2, -0.15) is 0 Å². The summed E-state index contributed by atoms with van der Waals surface area (Å²) in [5, 5.41) is 11.6. The summed E-state index contributed by atoms with van der Waals surface area (Å²) in [5.41, 5.74) is 0. The van der Waals surface area contributed by atoms with Crippen molar-refractivity contribution >= 4 is 52.6 Å². The molecule has 0 heterocycles. The van der Waals surface area contributed by atoms with Gasteiger partial charge < -0.3 is 19.4 Å². The molecule has 0 saturated carbocycles. The largest absolute Gasteiger partial charge is 0.489 e. The van der Waals surface area contributed by atoms with Crippen molar-refractivity contribution in [3.05, 3.63) is 32.7 Å². The molecular formula is C13H13Cl4NO4. The zero-order chi connectivity index (χ0) is 16.4. The van der Waals surface area contributed by atoms with Gasteiger partial charge in [-0.15, -0.1) is 0 Å². The van der Waals surface area contributed by atoms with Gasteiger partial charge >= 0.3 is 0 Å². The third-order valence-electron chi connectivity index (χ3n) is 2.21. The van der Waals surface area contributed by atoms with Crippen LogP contribution in [-0.4, -0.2) is 37.8 Å². The summed E-state index contributed by atoms with van der Waals surface area (Å²) in [7, 11) is 0. The van der Waals surface area contributed by atoms with Crippen molar-refractivity contribution in [2.24, 2.45) is 5.16 Å². The zero-order valence-electron chi connectivity index (χ0n) is 11.3. The molecule has 0 aliphatic carbocycles. The van der Waals surface area contributed by atoms with E-state index in [9.17, 15) is 0 Å². The Balaban J connectivity index is 2.52. The van der Waals surface area contributed by atoms with Crippen LogP contribution in [0.25, 0.3) is 0 Å². The number of halogens is 4. The molecule has 0 aliphatic heterocycles. The minimum Gasteiger partial charge on any atom is -0.489 e. The van der Waals surface area contributed by atoms with E-state index >= 15 is 0 Å². The highest BCUT2D eigenvalue weighted by Crippen LogP contribution is 2.36. The third-order valence-corrected chi connectivity index (χ3v) is 3.08. The molecule has 0 aliphatic rings. The van der Waals surface area contributed by atoms with Gasteiger partial charge in [-0.25, -0.2) is 0 Å². The van der Waals surface area contributed by atoms with Crippen LogP contribution in [0.4, 0.5) is 0 Å². The maximum Gasteiger partial charge on any atom is 0.156 e. The molecule has 0 bridgehead atoms. The number of hydrogen-bond donors (Lipinski definition) is 1. The van der Waals surface area contributed by atoms with Crippen molar-refractivity contribution in [3.63, 3.8) is 0 Å². The van der Waals surface area contributed by atoms with Crippen LogP contribution in [0.15, 0.2) is 27.9 Å². The van der Waals surface area contributed by atoms with E-state index in [-0.39, 0.29) is 30.9 Å². The smallest absolute Gasteiger partial charge is 0.156 e. The second-order valence-corrected chi connectivity index (χ2v) is 5.56. The summed E-state index contributed by atoms with van der Waals surface area (Å²) in [6, 6.07) is 3.13. The molecule has 5 nitrogen and oxygen atoms in total. The van der Waals surface area contributed by atoms with Crippen LogP contribution in [0, 0.1) is 0 Å². The molecule has 9 heteroatoms. The fourth-order valence-corrected chi connectivity index (χ4v) is 2.03. The Morgan fingerprint density at radius 1 is 1.09 bits per heavy atom. The molecule has 1 N–H and O–H groups in total. The number of hydrogen-bond acceptors (Lipinski definition) is 5. The van der Waals surface area contributed by atoms with Gasteiger partial charge in [0.05, 0.1) is 29.5 Å². The van der Waals surface area contributed by atoms with Crippen LogP contribution in [0.3, 0.4) is 0 Å². The molecule has 0 radical (unpaired) electrons. The Labute approximate surface area is 147 Å². The molecule has 0 fully saturated rings. The van der Waals surface area contributed by atoms with E-state index in [0.29, 0.717) is 21.5 Å². The maximum atomic E-state index is 8.18. The Hall–Kier alpha value is -0.850. The highest BCUT2D eigenvalue weighted by molar-refractivity contribution is 6.55. The quantitative estimate of drug-likeness (QED) is 0.292. The average Bonchev–Trinajstić information content (AvgIpc) is 2.44. The predicted octanol–water partition coefficient (Wildman–Crippen LogP) is 4.55. The van der Waals surface area contributed by atoms with Crippen LogP contribution in [0.5, 0.6) is 11.5 Å². The number of oxime groups is 1. The Morgan fingerprint density at radius 3 is 2.36 bits per heavy atom. The van der Waals surface area contributed by atoms with Crippen molar-refractivity contribution in [2.75, 3.05) is 26.4 Å². The van der Waals surface area contributed by atoms with Crippen molar-refractivity contribution in [1.82, 2.24) is 0 Å². The fraction of sp³-hybridized carbons (Fsp3) is 0.308. The normalized spacial score (nSPS) is 10.7. The topological polar surface area (TPSA) is 60.3 Å². The van der Waals surface area contributed by atoms with Gasteiger partial charge in [0.1, 0.15) is 23.5 Å². The van der Waals surface area contributed by atoms with Crippen molar-refractivity contribution in [3.8, 4) is 11.5 Å². The van der Waals surface area contributed by atoms with E-state index in [1.54, 1.807) is 12.1 Å². The number of nitrogens with zero attached hydrogens (tertiary/aromatic N) is 1. The van der Waals surface area contributed by atoms with Crippen LogP contribution < -0.4 is 9.47 Å². The first-order chi connectivity index (χ1) is 10.5. The van der Waals surface area contributed by atoms with Crippen LogP contribution >= 0.6 is 46.4 Å². The molecular weight excluding hydrogens is 376 g/mol. The summed E-state index contributed by atoms with van der Waals surface area (Å²) in [6.45, 7) is 0.902. The second kappa shape index (κ2) is 10.8. The van der Waals surface area contributed by atoms with E-state index < -0.39 is 0 Å². The Bertz CT molecular complexity index is 510. The second-order valence-electron chi connectivity index (χ2n) is 3.74. The van der Waals surface area contributed by atoms with E-state index in [1.807, 2.05) is 0 Å². The third kappa shape index (κ3) is 7.42. The van der Waals surface area contributed by atoms with E-state index in [4.69, 9.17) is 65.8 Å². The van der Waals surface area contributed by atoms with Crippen molar-refractivity contribution in [1.29, 1.82) is 0 Å². The van der Waals surface area contributed by atoms with Crippen LogP contribution in [0.1, 0.15) is 0 Å². The Kier molecular flexibility index (Phi) is 9.43. The number of ether oxygens (including phenoxy) is 3. The average molecular weight is 389 g/mol. The zero-order valence-corrected chi connectivity index (χ0v) is 14.3. The van der Waals surface area contributed by atoms with Gasteiger partial charge in [-0.3, -0.25) is 0 Å². The van der Waals surface area contributed by atoms with Gasteiger partial charge in [0.2, 0.25) is 0 Å². The SMILES string of the molecule is O/N=C\COCCOc1c(Cl)cc(OCC=C(Cl)Cl)cc1Cl. The lowest BCUT2D eigenvalue weighted by Gasteiger charge is -2.12. The Morgan fingerprint density at radius 2 is 1.77 bits per heavy atom. The molecule has 1 rings (SSSR count). The van der Waals surface area contributed by atoms with E-state index in [2.05, 4.69) is 5.16 Å². The first-order valence-corrected chi connectivity index (χ1v) is 7.55.